The van der Waals surface area contributed by atoms with Crippen molar-refractivity contribution in [1.82, 2.24) is 0 Å². The van der Waals surface area contributed by atoms with Crippen molar-refractivity contribution in [3.8, 4) is 0 Å². The fraction of sp³-hybridized carbons (Fsp3) is 1.00. The van der Waals surface area contributed by atoms with Crippen molar-refractivity contribution in [2.24, 2.45) is 5.73 Å². The van der Waals surface area contributed by atoms with Crippen LogP contribution in [0.25, 0.3) is 0 Å². The molecule has 0 heterocycles. The topological polar surface area (TPSA) is 46.2 Å². The van der Waals surface area contributed by atoms with Crippen LogP contribution in [-0.4, -0.2) is 28.3 Å². The van der Waals surface area contributed by atoms with Gasteiger partial charge >= 0.3 is 0 Å². The van der Waals surface area contributed by atoms with Crippen LogP contribution < -0.4 is 5.73 Å². The molecule has 3 N–H and O–H groups in total. The first-order chi connectivity index (χ1) is 5.64. The lowest BCUT2D eigenvalue weighted by Crippen LogP contribution is -2.43. The second-order valence-corrected chi connectivity index (χ2v) is 5.32. The van der Waals surface area contributed by atoms with Gasteiger partial charge < -0.3 is 10.8 Å². The Morgan fingerprint density at radius 1 is 1.50 bits per heavy atom. The molecule has 1 saturated carbocycles. The first kappa shape index (κ1) is 10.4. The highest BCUT2D eigenvalue weighted by molar-refractivity contribution is 8.00. The molecule has 0 aliphatic heterocycles. The van der Waals surface area contributed by atoms with Crippen LogP contribution in [0.1, 0.15) is 32.6 Å². The van der Waals surface area contributed by atoms with Crippen LogP contribution in [0.4, 0.5) is 0 Å². The monoisotopic (exact) mass is 189 g/mol. The van der Waals surface area contributed by atoms with Gasteiger partial charge in [-0.2, -0.15) is 11.8 Å². The molecule has 1 aliphatic carbocycles. The lowest BCUT2D eigenvalue weighted by Gasteiger charge is -2.22. The minimum Gasteiger partial charge on any atom is -0.394 e. The SMILES string of the molecule is CC(N)(CO)CSC1CCCC1. The van der Waals surface area contributed by atoms with Crippen molar-refractivity contribution < 1.29 is 5.11 Å². The van der Waals surface area contributed by atoms with Crippen molar-refractivity contribution in [2.75, 3.05) is 12.4 Å². The maximum atomic E-state index is 8.93. The van der Waals surface area contributed by atoms with E-state index in [0.29, 0.717) is 0 Å². The van der Waals surface area contributed by atoms with Crippen LogP contribution >= 0.6 is 11.8 Å². The molecule has 2 nitrogen and oxygen atoms in total. The molecular weight excluding hydrogens is 170 g/mol. The van der Waals surface area contributed by atoms with Gasteiger partial charge in [-0.15, -0.1) is 0 Å². The molecule has 1 unspecified atom stereocenters. The molecular formula is C9H19NOS. The first-order valence-electron chi connectivity index (χ1n) is 4.65. The van der Waals surface area contributed by atoms with E-state index in [-0.39, 0.29) is 12.1 Å². The predicted octanol–water partition coefficient (Wildman–Crippen LogP) is 1.37. The zero-order chi connectivity index (χ0) is 9.03. The van der Waals surface area contributed by atoms with Crippen LogP contribution in [0, 0.1) is 0 Å². The highest BCUT2D eigenvalue weighted by Crippen LogP contribution is 2.30. The molecule has 0 aromatic heterocycles. The number of nitrogens with two attached hydrogens (primary N) is 1. The van der Waals surface area contributed by atoms with E-state index in [4.69, 9.17) is 10.8 Å². The molecule has 1 aliphatic rings. The zero-order valence-electron chi connectivity index (χ0n) is 7.75. The second-order valence-electron chi connectivity index (χ2n) is 4.03. The third-order valence-electron chi connectivity index (χ3n) is 2.31. The fourth-order valence-electron chi connectivity index (χ4n) is 1.41. The summed E-state index contributed by atoms with van der Waals surface area (Å²) in [5.41, 5.74) is 5.44. The lowest BCUT2D eigenvalue weighted by atomic mass is 10.1. The molecule has 0 aromatic rings. The van der Waals surface area contributed by atoms with Crippen molar-refractivity contribution in [3.63, 3.8) is 0 Å². The summed E-state index contributed by atoms with van der Waals surface area (Å²) in [6.45, 7) is 2.00. The minimum atomic E-state index is -0.382. The molecule has 72 valence electrons. The first-order valence-corrected chi connectivity index (χ1v) is 5.70. The van der Waals surface area contributed by atoms with Crippen LogP contribution in [0.5, 0.6) is 0 Å². The molecule has 0 aromatic carbocycles. The van der Waals surface area contributed by atoms with E-state index >= 15 is 0 Å². The van der Waals surface area contributed by atoms with Gasteiger partial charge in [-0.05, 0) is 19.8 Å². The molecule has 3 heteroatoms. The third-order valence-corrected chi connectivity index (χ3v) is 4.08. The maximum absolute atomic E-state index is 8.93. The highest BCUT2D eigenvalue weighted by atomic mass is 32.2. The largest absolute Gasteiger partial charge is 0.394 e. The van der Waals surface area contributed by atoms with E-state index < -0.39 is 0 Å². The maximum Gasteiger partial charge on any atom is 0.0616 e. The van der Waals surface area contributed by atoms with Gasteiger partial charge in [0, 0.05) is 16.5 Å². The Morgan fingerprint density at radius 2 is 2.08 bits per heavy atom. The van der Waals surface area contributed by atoms with E-state index in [0.717, 1.165) is 11.0 Å². The molecule has 1 rings (SSSR count). The zero-order valence-corrected chi connectivity index (χ0v) is 8.57. The normalized spacial score (nSPS) is 24.2. The third kappa shape index (κ3) is 3.33. The molecule has 0 bridgehead atoms. The summed E-state index contributed by atoms with van der Waals surface area (Å²) in [7, 11) is 0. The summed E-state index contributed by atoms with van der Waals surface area (Å²) in [5, 5.41) is 9.73. The molecule has 0 amide bonds. The van der Waals surface area contributed by atoms with Crippen LogP contribution in [0.3, 0.4) is 0 Å². The van der Waals surface area contributed by atoms with E-state index in [1.807, 2.05) is 18.7 Å². The standard InChI is InChI=1S/C9H19NOS/c1-9(10,6-11)7-12-8-4-2-3-5-8/h8,11H,2-7,10H2,1H3. The molecule has 1 atom stereocenters. The summed E-state index contributed by atoms with van der Waals surface area (Å²) in [6.07, 6.45) is 5.43. The molecule has 1 fully saturated rings. The van der Waals surface area contributed by atoms with Crippen molar-refractivity contribution >= 4 is 11.8 Å². The molecule has 0 radical (unpaired) electrons. The predicted molar refractivity (Wildman–Crippen MR) is 54.4 cm³/mol. The number of aliphatic hydroxyl groups is 1. The van der Waals surface area contributed by atoms with Crippen LogP contribution in [0.15, 0.2) is 0 Å². The summed E-state index contributed by atoms with van der Waals surface area (Å²) in [6, 6.07) is 0. The summed E-state index contributed by atoms with van der Waals surface area (Å²) < 4.78 is 0. The van der Waals surface area contributed by atoms with Gasteiger partial charge in [0.15, 0.2) is 0 Å². The van der Waals surface area contributed by atoms with Gasteiger partial charge in [-0.1, -0.05) is 12.8 Å². The van der Waals surface area contributed by atoms with Gasteiger partial charge in [0.25, 0.3) is 0 Å². The summed E-state index contributed by atoms with van der Waals surface area (Å²) in [5.74, 6) is 0.883. The van der Waals surface area contributed by atoms with E-state index in [9.17, 15) is 0 Å². The van der Waals surface area contributed by atoms with Crippen molar-refractivity contribution in [1.29, 1.82) is 0 Å². The number of thioether (sulfide) groups is 1. The van der Waals surface area contributed by atoms with E-state index in [1.165, 1.54) is 25.7 Å². The number of hydrogen-bond donors (Lipinski definition) is 2. The van der Waals surface area contributed by atoms with Crippen LogP contribution in [0.2, 0.25) is 0 Å². The van der Waals surface area contributed by atoms with Gasteiger partial charge in [0.05, 0.1) is 6.61 Å². The van der Waals surface area contributed by atoms with Gasteiger partial charge in [0.2, 0.25) is 0 Å². The lowest BCUT2D eigenvalue weighted by molar-refractivity contribution is 0.224. The Bertz CT molecular complexity index is 132. The number of aliphatic hydroxyl groups excluding tert-OH is 1. The Labute approximate surface area is 78.9 Å². The Morgan fingerprint density at radius 3 is 2.58 bits per heavy atom. The quantitative estimate of drug-likeness (QED) is 0.702. The number of rotatable bonds is 4. The van der Waals surface area contributed by atoms with Crippen molar-refractivity contribution in [3.05, 3.63) is 0 Å². The van der Waals surface area contributed by atoms with E-state index in [1.54, 1.807) is 0 Å². The Hall–Kier alpha value is 0.270. The average Bonchev–Trinajstić information content (AvgIpc) is 2.53. The molecule has 0 saturated heterocycles. The summed E-state index contributed by atoms with van der Waals surface area (Å²) >= 11 is 1.93. The molecule has 0 spiro atoms. The average molecular weight is 189 g/mol. The Balaban J connectivity index is 2.15. The van der Waals surface area contributed by atoms with Gasteiger partial charge in [-0.3, -0.25) is 0 Å². The fourth-order valence-corrected chi connectivity index (χ4v) is 2.78. The summed E-state index contributed by atoms with van der Waals surface area (Å²) in [4.78, 5) is 0. The van der Waals surface area contributed by atoms with E-state index in [2.05, 4.69) is 0 Å². The smallest absolute Gasteiger partial charge is 0.0616 e. The number of hydrogen-bond acceptors (Lipinski definition) is 3. The molecule has 12 heavy (non-hydrogen) atoms. The highest BCUT2D eigenvalue weighted by Gasteiger charge is 2.21. The van der Waals surface area contributed by atoms with Crippen molar-refractivity contribution in [2.45, 2.75) is 43.4 Å². The van der Waals surface area contributed by atoms with Gasteiger partial charge in [0.1, 0.15) is 0 Å². The minimum absolute atomic E-state index is 0.0900. The van der Waals surface area contributed by atoms with Crippen LogP contribution in [-0.2, 0) is 0 Å². The van der Waals surface area contributed by atoms with Gasteiger partial charge in [-0.25, -0.2) is 0 Å². The Kier molecular flexibility index (Phi) is 3.87. The second kappa shape index (κ2) is 4.49.